The van der Waals surface area contributed by atoms with Crippen LogP contribution in [0.4, 0.5) is 5.69 Å². The summed E-state index contributed by atoms with van der Waals surface area (Å²) in [7, 11) is 2.14. The number of anilines is 1. The van der Waals surface area contributed by atoms with Crippen molar-refractivity contribution in [3.05, 3.63) is 71.3 Å². The maximum atomic E-state index is 4.82. The smallest absolute Gasteiger partial charge is 0.0668 e. The molecule has 1 aliphatic heterocycles. The fraction of sp³-hybridized carbons (Fsp3) is 0.348. The number of rotatable bonds is 3. The van der Waals surface area contributed by atoms with Crippen molar-refractivity contribution >= 4 is 17.5 Å². The van der Waals surface area contributed by atoms with Gasteiger partial charge in [0.05, 0.1) is 12.3 Å². The molecule has 25 heavy (non-hydrogen) atoms. The van der Waals surface area contributed by atoms with E-state index in [1.807, 2.05) is 0 Å². The Kier molecular flexibility index (Phi) is 5.08. The van der Waals surface area contributed by atoms with Gasteiger partial charge in [-0.15, -0.1) is 0 Å². The third-order valence-corrected chi connectivity index (χ3v) is 4.51. The molecule has 0 bridgehead atoms. The molecule has 0 amide bonds. The Morgan fingerprint density at radius 1 is 1.00 bits per heavy atom. The van der Waals surface area contributed by atoms with Crippen molar-refractivity contribution in [2.24, 2.45) is 10.4 Å². The van der Waals surface area contributed by atoms with Crippen LogP contribution >= 0.6 is 0 Å². The fourth-order valence-electron chi connectivity index (χ4n) is 3.29. The highest BCUT2D eigenvalue weighted by atomic mass is 15.1. The Balaban J connectivity index is 1.93. The SMILES string of the molecule is CN1CCN=C(C=Cc2ccccc2CC(C)(C)C)c2ccccc21. The minimum absolute atomic E-state index is 0.277. The molecule has 0 N–H and O–H groups in total. The number of allylic oxidation sites excluding steroid dienone is 1. The van der Waals surface area contributed by atoms with Gasteiger partial charge in [0.2, 0.25) is 0 Å². The van der Waals surface area contributed by atoms with E-state index in [1.54, 1.807) is 0 Å². The largest absolute Gasteiger partial charge is 0.372 e. The standard InChI is InChI=1S/C23H28N2/c1-23(2,3)17-19-10-6-5-9-18(19)13-14-21-20-11-7-8-12-22(20)25(4)16-15-24-21/h5-14H,15-17H2,1-4H3. The lowest BCUT2D eigenvalue weighted by Crippen LogP contribution is -2.20. The molecule has 2 aromatic carbocycles. The van der Waals surface area contributed by atoms with Gasteiger partial charge in [-0.25, -0.2) is 0 Å². The van der Waals surface area contributed by atoms with E-state index in [-0.39, 0.29) is 5.41 Å². The molecule has 0 aliphatic carbocycles. The van der Waals surface area contributed by atoms with Crippen molar-refractivity contribution in [3.63, 3.8) is 0 Å². The third kappa shape index (κ3) is 4.39. The molecule has 0 saturated heterocycles. The molecule has 0 aromatic heterocycles. The van der Waals surface area contributed by atoms with E-state index in [0.717, 1.165) is 25.2 Å². The van der Waals surface area contributed by atoms with Crippen LogP contribution in [-0.2, 0) is 6.42 Å². The summed E-state index contributed by atoms with van der Waals surface area (Å²) in [5.74, 6) is 0. The van der Waals surface area contributed by atoms with Crippen LogP contribution in [0.5, 0.6) is 0 Å². The average molecular weight is 332 g/mol. The van der Waals surface area contributed by atoms with Crippen LogP contribution in [-0.4, -0.2) is 25.8 Å². The van der Waals surface area contributed by atoms with Crippen LogP contribution in [0.1, 0.15) is 37.5 Å². The predicted molar refractivity (Wildman–Crippen MR) is 110 cm³/mol. The van der Waals surface area contributed by atoms with E-state index >= 15 is 0 Å². The highest BCUT2D eigenvalue weighted by Gasteiger charge is 2.15. The number of para-hydroxylation sites is 1. The lowest BCUT2D eigenvalue weighted by Gasteiger charge is -2.19. The summed E-state index contributed by atoms with van der Waals surface area (Å²) in [6.45, 7) is 8.64. The lowest BCUT2D eigenvalue weighted by molar-refractivity contribution is 0.411. The molecule has 2 heteroatoms. The predicted octanol–water partition coefficient (Wildman–Crippen LogP) is 5.23. The fourth-order valence-corrected chi connectivity index (χ4v) is 3.29. The van der Waals surface area contributed by atoms with Gasteiger partial charge >= 0.3 is 0 Å². The molecule has 130 valence electrons. The molecular weight excluding hydrogens is 304 g/mol. The summed E-state index contributed by atoms with van der Waals surface area (Å²) in [6, 6.07) is 17.2. The van der Waals surface area contributed by atoms with E-state index in [4.69, 9.17) is 4.99 Å². The number of likely N-dealkylation sites (N-methyl/N-ethyl adjacent to an activating group) is 1. The number of benzene rings is 2. The van der Waals surface area contributed by atoms with Gasteiger partial charge in [0.25, 0.3) is 0 Å². The van der Waals surface area contributed by atoms with Crippen molar-refractivity contribution in [3.8, 4) is 0 Å². The first-order valence-corrected chi connectivity index (χ1v) is 9.05. The minimum atomic E-state index is 0.277. The highest BCUT2D eigenvalue weighted by Crippen LogP contribution is 2.25. The molecule has 2 nitrogen and oxygen atoms in total. The molecule has 0 radical (unpaired) electrons. The Bertz CT molecular complexity index is 794. The van der Waals surface area contributed by atoms with Crippen LogP contribution in [0, 0.1) is 5.41 Å². The number of hydrogen-bond acceptors (Lipinski definition) is 2. The Morgan fingerprint density at radius 3 is 2.52 bits per heavy atom. The van der Waals surface area contributed by atoms with Crippen molar-refractivity contribution < 1.29 is 0 Å². The Hall–Kier alpha value is -2.35. The molecule has 0 unspecified atom stereocenters. The van der Waals surface area contributed by atoms with Crippen LogP contribution in [0.25, 0.3) is 6.08 Å². The van der Waals surface area contributed by atoms with E-state index in [1.165, 1.54) is 22.4 Å². The molecule has 0 atom stereocenters. The van der Waals surface area contributed by atoms with Gasteiger partial charge in [-0.3, -0.25) is 4.99 Å². The highest BCUT2D eigenvalue weighted by molar-refractivity contribution is 6.14. The second kappa shape index (κ2) is 7.26. The average Bonchev–Trinajstić information content (AvgIpc) is 2.72. The molecule has 0 spiro atoms. The van der Waals surface area contributed by atoms with Gasteiger partial charge in [0, 0.05) is 24.8 Å². The Labute approximate surface area is 151 Å². The molecule has 0 fully saturated rings. The number of nitrogens with zero attached hydrogens (tertiary/aromatic N) is 2. The van der Waals surface area contributed by atoms with Gasteiger partial charge < -0.3 is 4.90 Å². The van der Waals surface area contributed by atoms with Crippen LogP contribution in [0.15, 0.2) is 59.6 Å². The summed E-state index contributed by atoms with van der Waals surface area (Å²) < 4.78 is 0. The molecular formula is C23H28N2. The molecule has 3 rings (SSSR count). The number of fused-ring (bicyclic) bond motifs is 1. The van der Waals surface area contributed by atoms with Gasteiger partial charge in [-0.05, 0) is 35.1 Å². The summed E-state index contributed by atoms with van der Waals surface area (Å²) in [5, 5.41) is 0. The lowest BCUT2D eigenvalue weighted by atomic mass is 9.86. The minimum Gasteiger partial charge on any atom is -0.372 e. The van der Waals surface area contributed by atoms with Gasteiger partial charge in [0.15, 0.2) is 0 Å². The molecule has 1 heterocycles. The van der Waals surface area contributed by atoms with Crippen molar-refractivity contribution in [1.29, 1.82) is 0 Å². The number of hydrogen-bond donors (Lipinski definition) is 0. The summed E-state index contributed by atoms with van der Waals surface area (Å²) in [4.78, 5) is 7.11. The maximum Gasteiger partial charge on any atom is 0.0668 e. The maximum absolute atomic E-state index is 4.82. The summed E-state index contributed by atoms with van der Waals surface area (Å²) in [6.07, 6.45) is 5.47. The second-order valence-corrected chi connectivity index (χ2v) is 7.98. The topological polar surface area (TPSA) is 15.6 Å². The second-order valence-electron chi connectivity index (χ2n) is 7.98. The summed E-state index contributed by atoms with van der Waals surface area (Å²) in [5.41, 5.74) is 6.50. The van der Waals surface area contributed by atoms with Crippen molar-refractivity contribution in [2.75, 3.05) is 25.0 Å². The molecule has 1 aliphatic rings. The first kappa shape index (κ1) is 17.5. The third-order valence-electron chi connectivity index (χ3n) is 4.51. The molecule has 2 aromatic rings. The van der Waals surface area contributed by atoms with E-state index in [9.17, 15) is 0 Å². The zero-order valence-electron chi connectivity index (χ0n) is 15.8. The van der Waals surface area contributed by atoms with Gasteiger partial charge in [0.1, 0.15) is 0 Å². The Morgan fingerprint density at radius 2 is 1.72 bits per heavy atom. The van der Waals surface area contributed by atoms with Crippen molar-refractivity contribution in [2.45, 2.75) is 27.2 Å². The monoisotopic (exact) mass is 332 g/mol. The van der Waals surface area contributed by atoms with Crippen molar-refractivity contribution in [1.82, 2.24) is 0 Å². The van der Waals surface area contributed by atoms with Crippen LogP contribution in [0.3, 0.4) is 0 Å². The number of benzodiazepines with no additional fused rings is 1. The van der Waals surface area contributed by atoms with E-state index < -0.39 is 0 Å². The number of aliphatic imine (C=N–C) groups is 1. The normalized spacial score (nSPS) is 15.0. The molecule has 0 saturated carbocycles. The first-order chi connectivity index (χ1) is 11.9. The van der Waals surface area contributed by atoms with E-state index in [2.05, 4.69) is 93.4 Å². The zero-order chi connectivity index (χ0) is 17.9. The van der Waals surface area contributed by atoms with E-state index in [0.29, 0.717) is 0 Å². The zero-order valence-corrected chi connectivity index (χ0v) is 15.8. The van der Waals surface area contributed by atoms with Crippen LogP contribution < -0.4 is 4.90 Å². The summed E-state index contributed by atoms with van der Waals surface area (Å²) >= 11 is 0. The quantitative estimate of drug-likeness (QED) is 0.751. The van der Waals surface area contributed by atoms with Gasteiger partial charge in [-0.1, -0.05) is 69.3 Å². The first-order valence-electron chi connectivity index (χ1n) is 9.05. The van der Waals surface area contributed by atoms with Gasteiger partial charge in [-0.2, -0.15) is 0 Å². The van der Waals surface area contributed by atoms with Crippen LogP contribution in [0.2, 0.25) is 0 Å².